The highest BCUT2D eigenvalue weighted by Gasteiger charge is 2.19. The van der Waals surface area contributed by atoms with E-state index >= 15 is 0 Å². The second-order valence-electron chi connectivity index (χ2n) is 3.11. The number of para-hydroxylation sites is 1. The summed E-state index contributed by atoms with van der Waals surface area (Å²) in [5, 5.41) is 0. The highest BCUT2D eigenvalue weighted by atomic mass is 31.2. The molecule has 0 spiro atoms. The van der Waals surface area contributed by atoms with Gasteiger partial charge in [-0.2, -0.15) is 0 Å². The molecule has 0 aliphatic carbocycles. The Morgan fingerprint density at radius 1 is 1.33 bits per heavy atom. The van der Waals surface area contributed by atoms with Gasteiger partial charge in [-0.3, -0.25) is 0 Å². The third kappa shape index (κ3) is 4.98. The summed E-state index contributed by atoms with van der Waals surface area (Å²) in [6.45, 7) is 0.461. The molecule has 0 saturated heterocycles. The van der Waals surface area contributed by atoms with Crippen LogP contribution in [0.4, 0.5) is 0 Å². The fraction of sp³-hybridized carbons (Fsp3) is 0.400. The molecule has 0 amide bonds. The Kier molecular flexibility index (Phi) is 4.82. The van der Waals surface area contributed by atoms with Gasteiger partial charge in [0, 0.05) is 13.7 Å². The first kappa shape index (κ1) is 12.2. The quantitative estimate of drug-likeness (QED) is 0.601. The van der Waals surface area contributed by atoms with Gasteiger partial charge < -0.3 is 14.2 Å². The molecular weight excluding hydrogens is 215 g/mol. The van der Waals surface area contributed by atoms with Crippen LogP contribution in [0, 0.1) is 0 Å². The molecule has 1 atom stereocenters. The van der Waals surface area contributed by atoms with Crippen LogP contribution in [0.3, 0.4) is 0 Å². The van der Waals surface area contributed by atoms with Crippen LogP contribution in [-0.4, -0.2) is 24.8 Å². The van der Waals surface area contributed by atoms with Crippen molar-refractivity contribution in [3.63, 3.8) is 0 Å². The van der Waals surface area contributed by atoms with Crippen molar-refractivity contribution in [2.75, 3.05) is 19.9 Å². The number of rotatable bonds is 6. The van der Waals surface area contributed by atoms with E-state index < -0.39 is 7.60 Å². The first-order chi connectivity index (χ1) is 7.14. The van der Waals surface area contributed by atoms with Crippen molar-refractivity contribution < 1.29 is 18.7 Å². The van der Waals surface area contributed by atoms with Crippen molar-refractivity contribution in [2.45, 2.75) is 6.42 Å². The molecule has 0 radical (unpaired) electrons. The summed E-state index contributed by atoms with van der Waals surface area (Å²) in [5.41, 5.74) is 0. The first-order valence-corrected chi connectivity index (χ1v) is 6.46. The Balaban J connectivity index is 2.46. The molecule has 1 unspecified atom stereocenters. The average Bonchev–Trinajstić information content (AvgIpc) is 2.18. The van der Waals surface area contributed by atoms with E-state index in [2.05, 4.69) is 0 Å². The number of hydrogen-bond acceptors (Lipinski definition) is 3. The van der Waals surface area contributed by atoms with E-state index in [0.29, 0.717) is 18.8 Å². The van der Waals surface area contributed by atoms with Crippen LogP contribution < -0.4 is 4.52 Å². The summed E-state index contributed by atoms with van der Waals surface area (Å²) in [7, 11) is -1.97. The molecule has 84 valence electrons. The van der Waals surface area contributed by atoms with E-state index in [-0.39, 0.29) is 6.16 Å². The molecule has 0 aliphatic rings. The summed E-state index contributed by atoms with van der Waals surface area (Å²) in [5.74, 6) is 0.417. The van der Waals surface area contributed by atoms with Crippen molar-refractivity contribution in [2.24, 2.45) is 0 Å². The molecule has 0 aromatic heterocycles. The second kappa shape index (κ2) is 5.91. The Morgan fingerprint density at radius 2 is 2.00 bits per heavy atom. The SMILES string of the molecule is COCCCP(=O)(O)Oc1ccccc1. The maximum absolute atomic E-state index is 11.5. The van der Waals surface area contributed by atoms with E-state index in [1.807, 2.05) is 6.07 Å². The lowest BCUT2D eigenvalue weighted by Crippen LogP contribution is -2.00. The van der Waals surface area contributed by atoms with Crippen LogP contribution >= 0.6 is 7.60 Å². The first-order valence-electron chi connectivity index (χ1n) is 4.69. The predicted octanol–water partition coefficient (Wildman–Crippen LogP) is 2.29. The zero-order valence-corrected chi connectivity index (χ0v) is 9.52. The number of hydrogen-bond donors (Lipinski definition) is 1. The van der Waals surface area contributed by atoms with E-state index in [1.165, 1.54) is 0 Å². The molecule has 1 N–H and O–H groups in total. The van der Waals surface area contributed by atoms with Gasteiger partial charge in [0.15, 0.2) is 0 Å². The lowest BCUT2D eigenvalue weighted by molar-refractivity contribution is 0.198. The minimum absolute atomic E-state index is 0.107. The van der Waals surface area contributed by atoms with Crippen molar-refractivity contribution in [3.8, 4) is 5.75 Å². The van der Waals surface area contributed by atoms with Crippen LogP contribution in [0.5, 0.6) is 5.75 Å². The molecule has 4 nitrogen and oxygen atoms in total. The maximum atomic E-state index is 11.5. The van der Waals surface area contributed by atoms with Crippen LogP contribution in [0.25, 0.3) is 0 Å². The summed E-state index contributed by atoms with van der Waals surface area (Å²) in [6.07, 6.45) is 0.618. The normalized spacial score (nSPS) is 14.5. The Labute approximate surface area is 89.4 Å². The summed E-state index contributed by atoms with van der Waals surface area (Å²) in [6, 6.07) is 8.63. The van der Waals surface area contributed by atoms with Gasteiger partial charge in [0.05, 0.1) is 6.16 Å². The third-order valence-corrected chi connectivity index (χ3v) is 3.16. The zero-order valence-electron chi connectivity index (χ0n) is 8.63. The van der Waals surface area contributed by atoms with Crippen molar-refractivity contribution >= 4 is 7.60 Å². The van der Waals surface area contributed by atoms with Gasteiger partial charge in [0.1, 0.15) is 5.75 Å². The third-order valence-electron chi connectivity index (χ3n) is 1.78. The summed E-state index contributed by atoms with van der Waals surface area (Å²) in [4.78, 5) is 9.47. The highest BCUT2D eigenvalue weighted by Crippen LogP contribution is 2.42. The molecule has 1 aromatic rings. The van der Waals surface area contributed by atoms with Crippen molar-refractivity contribution in [1.29, 1.82) is 0 Å². The van der Waals surface area contributed by atoms with Gasteiger partial charge in [-0.05, 0) is 18.6 Å². The molecule has 15 heavy (non-hydrogen) atoms. The molecule has 0 saturated carbocycles. The second-order valence-corrected chi connectivity index (χ2v) is 5.02. The minimum atomic E-state index is -3.52. The van der Waals surface area contributed by atoms with Crippen LogP contribution in [0.2, 0.25) is 0 Å². The van der Waals surface area contributed by atoms with E-state index in [9.17, 15) is 9.46 Å². The number of methoxy groups -OCH3 is 1. The zero-order chi connectivity index (χ0) is 11.1. The smallest absolute Gasteiger partial charge is 0.376 e. The van der Waals surface area contributed by atoms with Gasteiger partial charge >= 0.3 is 7.60 Å². The molecular formula is C10H15O4P. The maximum Gasteiger partial charge on any atom is 0.376 e. The van der Waals surface area contributed by atoms with E-state index in [1.54, 1.807) is 31.4 Å². The standard InChI is InChI=1S/C10H15O4P/c1-13-8-5-9-15(11,12)14-10-6-3-2-4-7-10/h2-4,6-7H,5,8-9H2,1H3,(H,11,12). The van der Waals surface area contributed by atoms with Gasteiger partial charge in [-0.15, -0.1) is 0 Å². The fourth-order valence-electron chi connectivity index (χ4n) is 1.10. The van der Waals surface area contributed by atoms with Gasteiger partial charge in [-0.1, -0.05) is 18.2 Å². The fourth-order valence-corrected chi connectivity index (χ4v) is 2.17. The van der Waals surface area contributed by atoms with Crippen molar-refractivity contribution in [3.05, 3.63) is 30.3 Å². The highest BCUT2D eigenvalue weighted by molar-refractivity contribution is 7.53. The summed E-state index contributed by atoms with van der Waals surface area (Å²) >= 11 is 0. The Bertz CT molecular complexity index is 325. The Hall–Kier alpha value is -0.830. The van der Waals surface area contributed by atoms with Gasteiger partial charge in [0.2, 0.25) is 0 Å². The van der Waals surface area contributed by atoms with Crippen LogP contribution in [-0.2, 0) is 9.30 Å². The van der Waals surface area contributed by atoms with Crippen LogP contribution in [0.15, 0.2) is 30.3 Å². The molecule has 1 rings (SSSR count). The predicted molar refractivity (Wildman–Crippen MR) is 58.3 cm³/mol. The number of benzene rings is 1. The molecule has 5 heteroatoms. The number of ether oxygens (including phenoxy) is 1. The molecule has 0 fully saturated rings. The molecule has 0 heterocycles. The monoisotopic (exact) mass is 230 g/mol. The van der Waals surface area contributed by atoms with E-state index in [0.717, 1.165) is 0 Å². The minimum Gasteiger partial charge on any atom is -0.424 e. The van der Waals surface area contributed by atoms with Gasteiger partial charge in [-0.25, -0.2) is 4.57 Å². The van der Waals surface area contributed by atoms with Crippen LogP contribution in [0.1, 0.15) is 6.42 Å². The Morgan fingerprint density at radius 3 is 2.60 bits per heavy atom. The van der Waals surface area contributed by atoms with Gasteiger partial charge in [0.25, 0.3) is 0 Å². The molecule has 0 aliphatic heterocycles. The summed E-state index contributed by atoms with van der Waals surface area (Å²) < 4.78 is 21.3. The lowest BCUT2D eigenvalue weighted by Gasteiger charge is -2.12. The molecule has 1 aromatic carbocycles. The topological polar surface area (TPSA) is 55.8 Å². The molecule has 0 bridgehead atoms. The lowest BCUT2D eigenvalue weighted by atomic mass is 10.3. The largest absolute Gasteiger partial charge is 0.424 e. The average molecular weight is 230 g/mol. The van der Waals surface area contributed by atoms with E-state index in [4.69, 9.17) is 9.26 Å². The van der Waals surface area contributed by atoms with Crippen molar-refractivity contribution in [1.82, 2.24) is 0 Å².